The fourth-order valence-corrected chi connectivity index (χ4v) is 3.37. The van der Waals surface area contributed by atoms with Crippen molar-refractivity contribution >= 4 is 11.8 Å². The molecule has 0 bridgehead atoms. The minimum Gasteiger partial charge on any atom is -0.481 e. The highest BCUT2D eigenvalue weighted by molar-refractivity contribution is 5.99. The zero-order chi connectivity index (χ0) is 16.8. The molecule has 126 valence electrons. The Morgan fingerprint density at radius 1 is 1.13 bits per heavy atom. The molecule has 0 heterocycles. The zero-order valence-electron chi connectivity index (χ0n) is 14.2. The number of hydrogen-bond acceptors (Lipinski definition) is 3. The molecule has 23 heavy (non-hydrogen) atoms. The van der Waals surface area contributed by atoms with Crippen LogP contribution in [0, 0.1) is 5.92 Å². The summed E-state index contributed by atoms with van der Waals surface area (Å²) < 4.78 is 0. The van der Waals surface area contributed by atoms with Crippen LogP contribution in [0.3, 0.4) is 0 Å². The Morgan fingerprint density at radius 3 is 2.39 bits per heavy atom. The minimum absolute atomic E-state index is 0.0346. The number of hydrogen-bond donors (Lipinski definition) is 1. The number of benzene rings is 1. The van der Waals surface area contributed by atoms with Crippen molar-refractivity contribution in [1.29, 1.82) is 0 Å². The Bertz CT molecular complexity index is 564. The van der Waals surface area contributed by atoms with Crippen molar-refractivity contribution in [2.75, 3.05) is 19.6 Å². The van der Waals surface area contributed by atoms with Crippen molar-refractivity contribution in [1.82, 2.24) is 4.90 Å². The maximum atomic E-state index is 12.8. The molecule has 1 aliphatic carbocycles. The number of carboxylic acids is 1. The normalized spacial score (nSPS) is 15.3. The first-order valence-corrected chi connectivity index (χ1v) is 8.65. The summed E-state index contributed by atoms with van der Waals surface area (Å²) in [7, 11) is 0. The van der Waals surface area contributed by atoms with Crippen molar-refractivity contribution in [3.8, 4) is 0 Å². The molecular formula is C19H27NO3. The van der Waals surface area contributed by atoms with Gasteiger partial charge in [0.05, 0.1) is 6.42 Å². The van der Waals surface area contributed by atoms with Crippen LogP contribution in [-0.2, 0) is 17.6 Å². The summed E-state index contributed by atoms with van der Waals surface area (Å²) >= 11 is 0. The standard InChI is InChI=1S/C19H27NO3/c1-3-20(4-2)13-17(12-18(21)22)19(23)16-10-9-14-7-5-6-8-15(14)11-16/h9-11,17H,3-8,12-13H2,1-2H3,(H,21,22). The van der Waals surface area contributed by atoms with Gasteiger partial charge in [0, 0.05) is 18.0 Å². The lowest BCUT2D eigenvalue weighted by Gasteiger charge is -2.24. The van der Waals surface area contributed by atoms with Crippen LogP contribution < -0.4 is 0 Å². The molecule has 0 aromatic heterocycles. The number of nitrogens with zero attached hydrogens (tertiary/aromatic N) is 1. The van der Waals surface area contributed by atoms with Crippen LogP contribution in [0.4, 0.5) is 0 Å². The van der Waals surface area contributed by atoms with E-state index in [9.17, 15) is 9.59 Å². The Hall–Kier alpha value is -1.68. The molecule has 4 heteroatoms. The van der Waals surface area contributed by atoms with Crippen molar-refractivity contribution in [2.24, 2.45) is 5.92 Å². The van der Waals surface area contributed by atoms with Gasteiger partial charge in [-0.1, -0.05) is 26.0 Å². The van der Waals surface area contributed by atoms with Gasteiger partial charge < -0.3 is 10.0 Å². The molecule has 0 fully saturated rings. The first kappa shape index (κ1) is 17.7. The van der Waals surface area contributed by atoms with E-state index in [0.29, 0.717) is 12.1 Å². The van der Waals surface area contributed by atoms with E-state index in [4.69, 9.17) is 5.11 Å². The van der Waals surface area contributed by atoms with E-state index in [1.807, 2.05) is 26.0 Å². The van der Waals surface area contributed by atoms with Gasteiger partial charge >= 0.3 is 5.97 Å². The number of Topliss-reactive ketones (excluding diaryl/α,β-unsaturated/α-hetero) is 1. The number of carbonyl (C=O) groups excluding carboxylic acids is 1. The molecule has 1 aromatic carbocycles. The molecule has 0 saturated heterocycles. The Morgan fingerprint density at radius 2 is 1.78 bits per heavy atom. The van der Waals surface area contributed by atoms with Crippen LogP contribution >= 0.6 is 0 Å². The molecule has 0 aliphatic heterocycles. The fourth-order valence-electron chi connectivity index (χ4n) is 3.37. The second-order valence-corrected chi connectivity index (χ2v) is 6.34. The van der Waals surface area contributed by atoms with Crippen molar-refractivity contribution in [3.63, 3.8) is 0 Å². The Labute approximate surface area is 138 Å². The van der Waals surface area contributed by atoms with Crippen molar-refractivity contribution in [2.45, 2.75) is 46.0 Å². The van der Waals surface area contributed by atoms with Gasteiger partial charge in [-0.2, -0.15) is 0 Å². The zero-order valence-corrected chi connectivity index (χ0v) is 14.2. The molecule has 0 saturated carbocycles. The molecule has 0 amide bonds. The minimum atomic E-state index is -0.909. The van der Waals surface area contributed by atoms with Gasteiger partial charge in [0.2, 0.25) is 0 Å². The van der Waals surface area contributed by atoms with Crippen LogP contribution in [0.15, 0.2) is 18.2 Å². The van der Waals surface area contributed by atoms with E-state index in [2.05, 4.69) is 11.0 Å². The van der Waals surface area contributed by atoms with Crippen LogP contribution in [-0.4, -0.2) is 41.4 Å². The van der Waals surface area contributed by atoms with Gasteiger partial charge in [-0.15, -0.1) is 0 Å². The largest absolute Gasteiger partial charge is 0.481 e. The average molecular weight is 317 g/mol. The van der Waals surface area contributed by atoms with Crippen LogP contribution in [0.5, 0.6) is 0 Å². The summed E-state index contributed by atoms with van der Waals surface area (Å²) in [4.78, 5) is 26.1. The lowest BCUT2D eigenvalue weighted by atomic mass is 9.87. The SMILES string of the molecule is CCN(CC)CC(CC(=O)O)C(=O)c1ccc2c(c1)CCCC2. The van der Waals surface area contributed by atoms with Crippen molar-refractivity contribution < 1.29 is 14.7 Å². The van der Waals surface area contributed by atoms with Crippen LogP contribution in [0.2, 0.25) is 0 Å². The van der Waals surface area contributed by atoms with Crippen molar-refractivity contribution in [3.05, 3.63) is 34.9 Å². The molecule has 2 rings (SSSR count). The molecule has 0 radical (unpaired) electrons. The Balaban J connectivity index is 2.20. The number of ketones is 1. The second-order valence-electron chi connectivity index (χ2n) is 6.34. The van der Waals surface area contributed by atoms with Gasteiger partial charge in [-0.25, -0.2) is 0 Å². The van der Waals surface area contributed by atoms with E-state index in [-0.39, 0.29) is 12.2 Å². The molecule has 4 nitrogen and oxygen atoms in total. The number of rotatable bonds is 8. The summed E-state index contributed by atoms with van der Waals surface area (Å²) in [5, 5.41) is 9.16. The highest BCUT2D eigenvalue weighted by Crippen LogP contribution is 2.24. The third-order valence-corrected chi connectivity index (χ3v) is 4.80. The predicted molar refractivity (Wildman–Crippen MR) is 90.9 cm³/mol. The summed E-state index contributed by atoms with van der Waals surface area (Å²) in [6.07, 6.45) is 4.39. The first-order chi connectivity index (χ1) is 11.0. The van der Waals surface area contributed by atoms with Gasteiger partial charge in [-0.3, -0.25) is 9.59 Å². The third kappa shape index (κ3) is 4.64. The summed E-state index contributed by atoms with van der Waals surface area (Å²) in [6.45, 7) is 6.22. The highest BCUT2D eigenvalue weighted by atomic mass is 16.4. The smallest absolute Gasteiger partial charge is 0.304 e. The maximum absolute atomic E-state index is 12.8. The van der Waals surface area contributed by atoms with Gasteiger partial charge in [-0.05, 0) is 56.0 Å². The quantitative estimate of drug-likeness (QED) is 0.748. The number of aliphatic carboxylic acids is 1. The lowest BCUT2D eigenvalue weighted by Crippen LogP contribution is -2.34. The number of aryl methyl sites for hydroxylation is 2. The highest BCUT2D eigenvalue weighted by Gasteiger charge is 2.25. The summed E-state index contributed by atoms with van der Waals surface area (Å²) in [5.41, 5.74) is 3.27. The molecule has 1 unspecified atom stereocenters. The maximum Gasteiger partial charge on any atom is 0.304 e. The molecule has 1 aliphatic rings. The third-order valence-electron chi connectivity index (χ3n) is 4.80. The van der Waals surface area contributed by atoms with Crippen LogP contribution in [0.1, 0.15) is 54.6 Å². The van der Waals surface area contributed by atoms with E-state index < -0.39 is 11.9 Å². The second kappa shape index (κ2) is 8.25. The van der Waals surface area contributed by atoms with Crippen LogP contribution in [0.25, 0.3) is 0 Å². The lowest BCUT2D eigenvalue weighted by molar-refractivity contribution is -0.137. The molecule has 1 N–H and O–H groups in total. The summed E-state index contributed by atoms with van der Waals surface area (Å²) in [5.74, 6) is -1.42. The predicted octanol–water partition coefficient (Wildman–Crippen LogP) is 3.18. The van der Waals surface area contributed by atoms with E-state index in [0.717, 1.165) is 25.9 Å². The molecule has 0 spiro atoms. The molecular weight excluding hydrogens is 290 g/mol. The fraction of sp³-hybridized carbons (Fsp3) is 0.579. The monoisotopic (exact) mass is 317 g/mol. The van der Waals surface area contributed by atoms with E-state index in [1.54, 1.807) is 0 Å². The summed E-state index contributed by atoms with van der Waals surface area (Å²) in [6, 6.07) is 5.93. The Kier molecular flexibility index (Phi) is 6.34. The van der Waals surface area contributed by atoms with E-state index in [1.165, 1.54) is 24.0 Å². The van der Waals surface area contributed by atoms with Gasteiger partial charge in [0.25, 0.3) is 0 Å². The number of fused-ring (bicyclic) bond motifs is 1. The molecule has 1 aromatic rings. The molecule has 1 atom stereocenters. The van der Waals surface area contributed by atoms with E-state index >= 15 is 0 Å². The topological polar surface area (TPSA) is 57.6 Å². The number of carboxylic acid groups (broad SMARTS) is 1. The van der Waals surface area contributed by atoms with Gasteiger partial charge in [0.1, 0.15) is 0 Å². The number of carbonyl (C=O) groups is 2. The average Bonchev–Trinajstić information content (AvgIpc) is 2.57. The first-order valence-electron chi connectivity index (χ1n) is 8.65. The van der Waals surface area contributed by atoms with Gasteiger partial charge in [0.15, 0.2) is 5.78 Å².